The Morgan fingerprint density at radius 1 is 1.07 bits per heavy atom. The van der Waals surface area contributed by atoms with E-state index in [9.17, 15) is 19.2 Å². The lowest BCUT2D eigenvalue weighted by Gasteiger charge is -2.23. The molecule has 2 amide bonds. The van der Waals surface area contributed by atoms with E-state index in [1.807, 2.05) is 32.1 Å². The van der Waals surface area contributed by atoms with Crippen molar-refractivity contribution < 1.29 is 23.9 Å². The van der Waals surface area contributed by atoms with Gasteiger partial charge < -0.3 is 4.74 Å². The normalized spacial score (nSPS) is 28.6. The lowest BCUT2D eigenvalue weighted by atomic mass is 9.85. The van der Waals surface area contributed by atoms with Gasteiger partial charge in [0.15, 0.2) is 12.4 Å². The maximum Gasteiger partial charge on any atom is 0.329 e. The number of esters is 1. The summed E-state index contributed by atoms with van der Waals surface area (Å²) in [5.41, 5.74) is 2.52. The number of imide groups is 1. The van der Waals surface area contributed by atoms with E-state index in [0.717, 1.165) is 22.4 Å². The van der Waals surface area contributed by atoms with Crippen molar-refractivity contribution in [3.63, 3.8) is 0 Å². The zero-order valence-electron chi connectivity index (χ0n) is 16.2. The molecule has 1 saturated heterocycles. The summed E-state index contributed by atoms with van der Waals surface area (Å²) >= 11 is 0. The predicted molar refractivity (Wildman–Crippen MR) is 100 cm³/mol. The van der Waals surface area contributed by atoms with Crippen molar-refractivity contribution in [2.45, 2.75) is 33.2 Å². The summed E-state index contributed by atoms with van der Waals surface area (Å²) in [5, 5.41) is 0. The molecule has 1 aromatic carbocycles. The van der Waals surface area contributed by atoms with Crippen LogP contribution in [0.2, 0.25) is 0 Å². The Labute approximate surface area is 163 Å². The first kappa shape index (κ1) is 18.6. The fourth-order valence-electron chi connectivity index (χ4n) is 4.67. The maximum absolute atomic E-state index is 12.8. The average molecular weight is 381 g/mol. The molecule has 2 bridgehead atoms. The fraction of sp³-hybridized carbons (Fsp3) is 0.455. The Balaban J connectivity index is 1.40. The maximum atomic E-state index is 12.8. The first-order valence-electron chi connectivity index (χ1n) is 9.62. The number of nitrogens with zero attached hydrogens (tertiary/aromatic N) is 1. The van der Waals surface area contributed by atoms with Gasteiger partial charge >= 0.3 is 5.97 Å². The molecule has 146 valence electrons. The molecule has 0 spiro atoms. The van der Waals surface area contributed by atoms with E-state index in [4.69, 9.17) is 4.74 Å². The Bertz CT molecular complexity index is 888. The molecule has 1 aromatic rings. The highest BCUT2D eigenvalue weighted by atomic mass is 16.5. The van der Waals surface area contributed by atoms with Crippen LogP contribution in [0.5, 0.6) is 0 Å². The lowest BCUT2D eigenvalue weighted by Crippen LogP contribution is -2.45. The van der Waals surface area contributed by atoms with Crippen LogP contribution >= 0.6 is 0 Å². The summed E-state index contributed by atoms with van der Waals surface area (Å²) in [7, 11) is 0. The molecule has 2 aliphatic carbocycles. The first-order chi connectivity index (χ1) is 13.3. The van der Waals surface area contributed by atoms with E-state index in [-0.39, 0.29) is 41.3 Å². The quantitative estimate of drug-likeness (QED) is 0.338. The Morgan fingerprint density at radius 2 is 1.68 bits per heavy atom. The number of ether oxygens (including phenoxy) is 1. The topological polar surface area (TPSA) is 80.8 Å². The van der Waals surface area contributed by atoms with Gasteiger partial charge in [-0.1, -0.05) is 24.3 Å². The number of aryl methyl sites for hydroxylation is 2. The zero-order valence-corrected chi connectivity index (χ0v) is 16.2. The summed E-state index contributed by atoms with van der Waals surface area (Å²) in [6.45, 7) is 4.92. The summed E-state index contributed by atoms with van der Waals surface area (Å²) in [6, 6.07) is 4.26. The number of Topliss-reactive ketones (excluding diaryl/α,β-unsaturated/α-hetero) is 1. The SMILES string of the molecule is Cc1ccc(C(=O)COC(=O)[C@H](C)N2C(=O)[C@@H]3[C@@H](C2=O)[C@H]2C=C[C@H]3C2)cc1C. The molecule has 5 atom stereocenters. The molecule has 1 saturated carbocycles. The van der Waals surface area contributed by atoms with Crippen LogP contribution in [-0.4, -0.2) is 41.1 Å². The number of fused-ring (bicyclic) bond motifs is 5. The van der Waals surface area contributed by atoms with Gasteiger partial charge in [0, 0.05) is 5.56 Å². The molecular formula is C22H23NO5. The van der Waals surface area contributed by atoms with Crippen LogP contribution in [-0.2, 0) is 19.1 Å². The third-order valence-electron chi connectivity index (χ3n) is 6.41. The number of hydrogen-bond donors (Lipinski definition) is 0. The standard InChI is InChI=1S/C22H23NO5/c1-11-4-5-14(8-12(11)2)17(24)10-28-22(27)13(3)23-20(25)18-15-6-7-16(9-15)19(18)21(23)26/h4-8,13,15-16,18-19H,9-10H2,1-3H3/t13-,15-,16-,18-,19-/m0/s1. The number of likely N-dealkylation sites (tertiary alicyclic amines) is 1. The van der Waals surface area contributed by atoms with Crippen molar-refractivity contribution in [2.24, 2.45) is 23.7 Å². The van der Waals surface area contributed by atoms with Crippen LogP contribution in [0.4, 0.5) is 0 Å². The van der Waals surface area contributed by atoms with Crippen molar-refractivity contribution >= 4 is 23.6 Å². The van der Waals surface area contributed by atoms with Crippen LogP contribution in [0.25, 0.3) is 0 Å². The van der Waals surface area contributed by atoms with Crippen LogP contribution in [0.3, 0.4) is 0 Å². The van der Waals surface area contributed by atoms with E-state index in [2.05, 4.69) is 0 Å². The van der Waals surface area contributed by atoms with Crippen molar-refractivity contribution in [2.75, 3.05) is 6.61 Å². The van der Waals surface area contributed by atoms with Crippen molar-refractivity contribution in [3.8, 4) is 0 Å². The Hall–Kier alpha value is -2.76. The zero-order chi connectivity index (χ0) is 20.2. The van der Waals surface area contributed by atoms with E-state index >= 15 is 0 Å². The minimum Gasteiger partial charge on any atom is -0.456 e. The van der Waals surface area contributed by atoms with Gasteiger partial charge in [-0.3, -0.25) is 19.3 Å². The molecule has 1 heterocycles. The van der Waals surface area contributed by atoms with Crippen LogP contribution in [0.15, 0.2) is 30.4 Å². The molecule has 3 aliphatic rings. The second kappa shape index (κ2) is 6.69. The van der Waals surface area contributed by atoms with E-state index in [0.29, 0.717) is 5.56 Å². The van der Waals surface area contributed by atoms with Gasteiger partial charge in [-0.05, 0) is 56.2 Å². The smallest absolute Gasteiger partial charge is 0.329 e. The van der Waals surface area contributed by atoms with Gasteiger partial charge in [0.25, 0.3) is 0 Å². The highest BCUT2D eigenvalue weighted by molar-refractivity contribution is 6.09. The average Bonchev–Trinajstić information content (AvgIpc) is 3.35. The fourth-order valence-corrected chi connectivity index (χ4v) is 4.67. The number of carbonyl (C=O) groups excluding carboxylic acids is 4. The highest BCUT2D eigenvalue weighted by Gasteiger charge is 2.60. The highest BCUT2D eigenvalue weighted by Crippen LogP contribution is 2.52. The van der Waals surface area contributed by atoms with E-state index in [1.165, 1.54) is 6.92 Å². The number of ketones is 1. The summed E-state index contributed by atoms with van der Waals surface area (Å²) < 4.78 is 5.14. The summed E-state index contributed by atoms with van der Waals surface area (Å²) in [4.78, 5) is 51.3. The van der Waals surface area contributed by atoms with E-state index in [1.54, 1.807) is 12.1 Å². The number of benzene rings is 1. The molecule has 2 fully saturated rings. The van der Waals surface area contributed by atoms with E-state index < -0.39 is 18.6 Å². The van der Waals surface area contributed by atoms with Crippen molar-refractivity contribution in [1.29, 1.82) is 0 Å². The molecule has 0 unspecified atom stereocenters. The number of allylic oxidation sites excluding steroid dienone is 2. The predicted octanol–water partition coefficient (Wildman–Crippen LogP) is 2.22. The van der Waals surface area contributed by atoms with Gasteiger partial charge in [-0.25, -0.2) is 4.79 Å². The second-order valence-corrected chi connectivity index (χ2v) is 8.05. The summed E-state index contributed by atoms with van der Waals surface area (Å²) in [5.74, 6) is -2.17. The van der Waals surface area contributed by atoms with Crippen LogP contribution in [0, 0.1) is 37.5 Å². The van der Waals surface area contributed by atoms with Crippen molar-refractivity contribution in [3.05, 3.63) is 47.0 Å². The Kier molecular flexibility index (Phi) is 4.44. The lowest BCUT2D eigenvalue weighted by molar-refractivity contribution is -0.157. The number of rotatable bonds is 5. The van der Waals surface area contributed by atoms with Crippen LogP contribution < -0.4 is 0 Å². The third kappa shape index (κ3) is 2.79. The minimum absolute atomic E-state index is 0.0889. The molecule has 0 aromatic heterocycles. The number of hydrogen-bond acceptors (Lipinski definition) is 5. The minimum atomic E-state index is -1.03. The van der Waals surface area contributed by atoms with Gasteiger partial charge in [0.2, 0.25) is 11.8 Å². The largest absolute Gasteiger partial charge is 0.456 e. The van der Waals surface area contributed by atoms with Crippen LogP contribution in [0.1, 0.15) is 34.8 Å². The Morgan fingerprint density at radius 3 is 2.25 bits per heavy atom. The molecule has 6 nitrogen and oxygen atoms in total. The number of amides is 2. The monoisotopic (exact) mass is 381 g/mol. The third-order valence-corrected chi connectivity index (χ3v) is 6.41. The summed E-state index contributed by atoms with van der Waals surface area (Å²) in [6.07, 6.45) is 4.85. The second-order valence-electron chi connectivity index (χ2n) is 8.05. The number of carbonyl (C=O) groups is 4. The molecule has 28 heavy (non-hydrogen) atoms. The van der Waals surface area contributed by atoms with Gasteiger partial charge in [-0.15, -0.1) is 0 Å². The van der Waals surface area contributed by atoms with Gasteiger partial charge in [0.05, 0.1) is 11.8 Å². The molecule has 1 aliphatic heterocycles. The first-order valence-corrected chi connectivity index (χ1v) is 9.62. The molecule has 4 rings (SSSR count). The molecule has 0 N–H and O–H groups in total. The molecular weight excluding hydrogens is 358 g/mol. The molecule has 0 radical (unpaired) electrons. The van der Waals surface area contributed by atoms with Gasteiger partial charge in [-0.2, -0.15) is 0 Å². The molecule has 6 heteroatoms. The van der Waals surface area contributed by atoms with Crippen molar-refractivity contribution in [1.82, 2.24) is 4.90 Å². The van der Waals surface area contributed by atoms with Gasteiger partial charge in [0.1, 0.15) is 6.04 Å².